The number of carbonyl (C=O) groups excluding carboxylic acids is 2. The molecule has 2 aromatic carbocycles. The summed E-state index contributed by atoms with van der Waals surface area (Å²) < 4.78 is 0. The van der Waals surface area contributed by atoms with Gasteiger partial charge in [-0.3, -0.25) is 9.59 Å². The molecule has 0 saturated heterocycles. The Balaban J connectivity index is 1.53. The minimum absolute atomic E-state index is 0.0832. The molecule has 1 fully saturated rings. The lowest BCUT2D eigenvalue weighted by Crippen LogP contribution is -2.43. The fourth-order valence-corrected chi connectivity index (χ4v) is 4.74. The zero-order valence-electron chi connectivity index (χ0n) is 16.1. The zero-order chi connectivity index (χ0) is 19.7. The van der Waals surface area contributed by atoms with Crippen molar-refractivity contribution in [2.75, 3.05) is 16.8 Å². The Morgan fingerprint density at radius 1 is 1.07 bits per heavy atom. The molecule has 28 heavy (non-hydrogen) atoms. The number of fused-ring (bicyclic) bond motifs is 1. The second kappa shape index (κ2) is 7.96. The van der Waals surface area contributed by atoms with Crippen LogP contribution in [0.2, 0.25) is 5.02 Å². The molecule has 0 bridgehead atoms. The standard InChI is InChI=1S/C23H25ClN2O2/c1-15-10-11-20(19(24)14-15)25-22(27)17-7-3-4-8-18(17)23(28)26-13-12-16-6-2-5-9-21(16)26/h2,5-6,9-11,14,17-18H,3-4,7-8,12-13H2,1H3,(H,25,27). The Morgan fingerprint density at radius 2 is 1.82 bits per heavy atom. The van der Waals surface area contributed by atoms with Gasteiger partial charge in [0.25, 0.3) is 0 Å². The van der Waals surface area contributed by atoms with E-state index in [2.05, 4.69) is 11.4 Å². The molecule has 4 nitrogen and oxygen atoms in total. The second-order valence-corrected chi connectivity index (χ2v) is 8.25. The molecule has 2 aromatic rings. The maximum absolute atomic E-state index is 13.4. The van der Waals surface area contributed by atoms with Crippen molar-refractivity contribution >= 4 is 34.8 Å². The van der Waals surface area contributed by atoms with Crippen LogP contribution in [-0.4, -0.2) is 18.4 Å². The van der Waals surface area contributed by atoms with Gasteiger partial charge in [-0.2, -0.15) is 0 Å². The number of aryl methyl sites for hydroxylation is 1. The van der Waals surface area contributed by atoms with Crippen molar-refractivity contribution in [3.63, 3.8) is 0 Å². The number of rotatable bonds is 3. The molecule has 1 N–H and O–H groups in total. The summed E-state index contributed by atoms with van der Waals surface area (Å²) >= 11 is 6.28. The SMILES string of the molecule is Cc1ccc(NC(=O)C2CCCCC2C(=O)N2CCc3ccccc32)c(Cl)c1. The Morgan fingerprint density at radius 3 is 2.61 bits per heavy atom. The molecular weight excluding hydrogens is 372 g/mol. The maximum atomic E-state index is 13.4. The van der Waals surface area contributed by atoms with Gasteiger partial charge in [-0.1, -0.05) is 48.7 Å². The molecule has 2 aliphatic rings. The first-order valence-corrected chi connectivity index (χ1v) is 10.4. The predicted octanol–water partition coefficient (Wildman–Crippen LogP) is 4.98. The lowest BCUT2D eigenvalue weighted by Gasteiger charge is -2.32. The quantitative estimate of drug-likeness (QED) is 0.795. The van der Waals surface area contributed by atoms with Gasteiger partial charge in [0, 0.05) is 18.2 Å². The highest BCUT2D eigenvalue weighted by atomic mass is 35.5. The van der Waals surface area contributed by atoms with Gasteiger partial charge in [-0.25, -0.2) is 0 Å². The largest absolute Gasteiger partial charge is 0.325 e. The number of amides is 2. The summed E-state index contributed by atoms with van der Waals surface area (Å²) in [5.41, 5.74) is 3.86. The fraction of sp³-hybridized carbons (Fsp3) is 0.391. The molecule has 2 amide bonds. The van der Waals surface area contributed by atoms with Crippen LogP contribution in [0.3, 0.4) is 0 Å². The molecule has 0 aromatic heterocycles. The molecule has 146 valence electrons. The van der Waals surface area contributed by atoms with Crippen LogP contribution in [0.1, 0.15) is 36.8 Å². The van der Waals surface area contributed by atoms with E-state index in [4.69, 9.17) is 11.6 Å². The minimum Gasteiger partial charge on any atom is -0.325 e. The Hall–Kier alpha value is -2.33. The normalized spacial score (nSPS) is 21.3. The lowest BCUT2D eigenvalue weighted by atomic mass is 9.77. The molecule has 1 heterocycles. The number of hydrogen-bond acceptors (Lipinski definition) is 2. The smallest absolute Gasteiger partial charge is 0.230 e. The summed E-state index contributed by atoms with van der Waals surface area (Å²) in [6.45, 7) is 2.66. The number of nitrogens with zero attached hydrogens (tertiary/aromatic N) is 1. The molecule has 1 saturated carbocycles. The van der Waals surface area contributed by atoms with Crippen molar-refractivity contribution in [2.24, 2.45) is 11.8 Å². The van der Waals surface area contributed by atoms with E-state index in [-0.39, 0.29) is 23.7 Å². The zero-order valence-corrected chi connectivity index (χ0v) is 16.8. The van der Waals surface area contributed by atoms with Crippen molar-refractivity contribution in [2.45, 2.75) is 39.0 Å². The molecule has 1 aliphatic carbocycles. The van der Waals surface area contributed by atoms with E-state index in [9.17, 15) is 9.59 Å². The van der Waals surface area contributed by atoms with Crippen LogP contribution in [0.15, 0.2) is 42.5 Å². The molecular formula is C23H25ClN2O2. The number of carbonyl (C=O) groups is 2. The maximum Gasteiger partial charge on any atom is 0.230 e. The van der Waals surface area contributed by atoms with Gasteiger partial charge < -0.3 is 10.2 Å². The third-order valence-electron chi connectivity index (χ3n) is 5.96. The van der Waals surface area contributed by atoms with E-state index in [0.717, 1.165) is 43.4 Å². The summed E-state index contributed by atoms with van der Waals surface area (Å²) in [5.74, 6) is -0.605. The highest BCUT2D eigenvalue weighted by Gasteiger charge is 2.39. The number of benzene rings is 2. The van der Waals surface area contributed by atoms with Crippen LogP contribution in [-0.2, 0) is 16.0 Å². The third-order valence-corrected chi connectivity index (χ3v) is 6.27. The number of hydrogen-bond donors (Lipinski definition) is 1. The molecule has 4 rings (SSSR count). The van der Waals surface area contributed by atoms with Crippen LogP contribution in [0.4, 0.5) is 11.4 Å². The van der Waals surface area contributed by atoms with E-state index < -0.39 is 0 Å². The summed E-state index contributed by atoms with van der Waals surface area (Å²) in [5, 5.41) is 3.49. The average Bonchev–Trinajstić information content (AvgIpc) is 3.13. The van der Waals surface area contributed by atoms with Crippen molar-refractivity contribution in [3.05, 3.63) is 58.6 Å². The van der Waals surface area contributed by atoms with Gasteiger partial charge in [0.05, 0.1) is 16.6 Å². The van der Waals surface area contributed by atoms with Crippen molar-refractivity contribution < 1.29 is 9.59 Å². The molecule has 0 radical (unpaired) electrons. The van der Waals surface area contributed by atoms with Crippen LogP contribution < -0.4 is 10.2 Å². The summed E-state index contributed by atoms with van der Waals surface area (Å²) in [6, 6.07) is 13.6. The first kappa shape index (κ1) is 19.0. The molecule has 2 unspecified atom stereocenters. The number of nitrogens with one attached hydrogen (secondary N) is 1. The van der Waals surface area contributed by atoms with Gasteiger partial charge in [0.15, 0.2) is 0 Å². The highest BCUT2D eigenvalue weighted by Crippen LogP contribution is 2.36. The van der Waals surface area contributed by atoms with E-state index in [0.29, 0.717) is 17.3 Å². The topological polar surface area (TPSA) is 49.4 Å². The fourth-order valence-electron chi connectivity index (χ4n) is 4.45. The lowest BCUT2D eigenvalue weighted by molar-refractivity contribution is -0.132. The average molecular weight is 397 g/mol. The van der Waals surface area contributed by atoms with Gasteiger partial charge in [0.2, 0.25) is 11.8 Å². The van der Waals surface area contributed by atoms with Crippen LogP contribution >= 0.6 is 11.6 Å². The summed E-state index contributed by atoms with van der Waals surface area (Å²) in [7, 11) is 0. The predicted molar refractivity (Wildman–Crippen MR) is 113 cm³/mol. The van der Waals surface area contributed by atoms with Gasteiger partial charge >= 0.3 is 0 Å². The van der Waals surface area contributed by atoms with Crippen LogP contribution in [0, 0.1) is 18.8 Å². The Labute approximate surface area is 170 Å². The van der Waals surface area contributed by atoms with Gasteiger partial charge in [-0.15, -0.1) is 0 Å². The first-order chi connectivity index (χ1) is 13.5. The number of anilines is 2. The molecule has 2 atom stereocenters. The Kier molecular flexibility index (Phi) is 5.40. The molecule has 1 aliphatic heterocycles. The molecule has 5 heteroatoms. The third kappa shape index (κ3) is 3.66. The summed E-state index contributed by atoms with van der Waals surface area (Å²) in [6.07, 6.45) is 4.34. The Bertz CT molecular complexity index is 911. The minimum atomic E-state index is -0.314. The highest BCUT2D eigenvalue weighted by molar-refractivity contribution is 6.33. The van der Waals surface area contributed by atoms with E-state index >= 15 is 0 Å². The number of halogens is 1. The van der Waals surface area contributed by atoms with Gasteiger partial charge in [-0.05, 0) is 55.5 Å². The second-order valence-electron chi connectivity index (χ2n) is 7.84. The van der Waals surface area contributed by atoms with Crippen LogP contribution in [0.25, 0.3) is 0 Å². The molecule has 0 spiro atoms. The van der Waals surface area contributed by atoms with Crippen LogP contribution in [0.5, 0.6) is 0 Å². The van der Waals surface area contributed by atoms with Gasteiger partial charge in [0.1, 0.15) is 0 Å². The van der Waals surface area contributed by atoms with E-state index in [1.165, 1.54) is 5.56 Å². The summed E-state index contributed by atoms with van der Waals surface area (Å²) in [4.78, 5) is 28.3. The van der Waals surface area contributed by atoms with Crippen molar-refractivity contribution in [3.8, 4) is 0 Å². The van der Waals surface area contributed by atoms with Crippen molar-refractivity contribution in [1.29, 1.82) is 0 Å². The van der Waals surface area contributed by atoms with E-state index in [1.54, 1.807) is 0 Å². The first-order valence-electron chi connectivity index (χ1n) is 10.0. The number of para-hydroxylation sites is 1. The van der Waals surface area contributed by atoms with Crippen molar-refractivity contribution in [1.82, 2.24) is 0 Å². The van der Waals surface area contributed by atoms with E-state index in [1.807, 2.05) is 48.2 Å². The monoisotopic (exact) mass is 396 g/mol.